The summed E-state index contributed by atoms with van der Waals surface area (Å²) >= 11 is 1.50. The Balaban J connectivity index is 1.50. The first-order chi connectivity index (χ1) is 12.4. The van der Waals surface area contributed by atoms with Crippen LogP contribution in [0.5, 0.6) is 0 Å². The van der Waals surface area contributed by atoms with E-state index in [1.807, 2.05) is 0 Å². The normalized spacial score (nSPS) is 14.5. The van der Waals surface area contributed by atoms with E-state index < -0.39 is 15.8 Å². The van der Waals surface area contributed by atoms with Gasteiger partial charge in [-0.3, -0.25) is 4.79 Å². The van der Waals surface area contributed by atoms with Gasteiger partial charge in [-0.2, -0.15) is 0 Å². The molecule has 0 bridgehead atoms. The molecule has 0 atom stereocenters. The Morgan fingerprint density at radius 1 is 1.15 bits per heavy atom. The highest BCUT2D eigenvalue weighted by atomic mass is 32.2. The van der Waals surface area contributed by atoms with Crippen LogP contribution >= 0.6 is 11.3 Å². The number of hydrogen-bond acceptors (Lipinski definition) is 5. The van der Waals surface area contributed by atoms with Crippen molar-refractivity contribution in [2.24, 2.45) is 0 Å². The van der Waals surface area contributed by atoms with Gasteiger partial charge in [-0.15, -0.1) is 11.3 Å². The molecule has 1 aliphatic carbocycles. The number of aromatic nitrogens is 1. The van der Waals surface area contributed by atoms with Crippen LogP contribution < -0.4 is 10.0 Å². The van der Waals surface area contributed by atoms with Gasteiger partial charge in [0.15, 0.2) is 5.13 Å². The predicted molar refractivity (Wildman–Crippen MR) is 98.2 cm³/mol. The number of nitrogens with one attached hydrogen (secondary N) is 2. The molecule has 140 valence electrons. The van der Waals surface area contributed by atoms with Gasteiger partial charge in [-0.1, -0.05) is 6.42 Å². The maximum Gasteiger partial charge on any atom is 0.240 e. The molecule has 2 N–H and O–H groups in total. The molecule has 0 radical (unpaired) electrons. The molecule has 0 saturated carbocycles. The van der Waals surface area contributed by atoms with E-state index >= 15 is 0 Å². The fourth-order valence-corrected chi connectivity index (χ4v) is 4.86. The Kier molecular flexibility index (Phi) is 6.00. The van der Waals surface area contributed by atoms with Gasteiger partial charge < -0.3 is 5.32 Å². The second kappa shape index (κ2) is 8.24. The minimum Gasteiger partial charge on any atom is -0.302 e. The number of benzene rings is 1. The Morgan fingerprint density at radius 3 is 2.65 bits per heavy atom. The molecule has 0 unspecified atom stereocenters. The largest absolute Gasteiger partial charge is 0.302 e. The van der Waals surface area contributed by atoms with Crippen LogP contribution in [0.2, 0.25) is 0 Å². The van der Waals surface area contributed by atoms with Crippen LogP contribution in [0.25, 0.3) is 0 Å². The van der Waals surface area contributed by atoms with Crippen molar-refractivity contribution in [2.45, 2.75) is 43.4 Å². The fraction of sp³-hybridized carbons (Fsp3) is 0.412. The Hall–Kier alpha value is -1.84. The first-order valence-electron chi connectivity index (χ1n) is 8.48. The van der Waals surface area contributed by atoms with Gasteiger partial charge in [0, 0.05) is 17.8 Å². The first kappa shape index (κ1) is 18.9. The van der Waals surface area contributed by atoms with Gasteiger partial charge in [-0.05, 0) is 49.9 Å². The molecule has 0 saturated heterocycles. The third kappa shape index (κ3) is 4.87. The quantitative estimate of drug-likeness (QED) is 0.734. The molecule has 1 aromatic heterocycles. The fourth-order valence-electron chi connectivity index (χ4n) is 2.76. The molecule has 1 aliphatic rings. The molecule has 2 aromatic rings. The van der Waals surface area contributed by atoms with Crippen LogP contribution in [0, 0.1) is 5.82 Å². The van der Waals surface area contributed by atoms with Crippen LogP contribution in [-0.2, 0) is 27.7 Å². The summed E-state index contributed by atoms with van der Waals surface area (Å²) in [7, 11) is -3.76. The number of anilines is 1. The van der Waals surface area contributed by atoms with E-state index in [-0.39, 0.29) is 23.8 Å². The van der Waals surface area contributed by atoms with E-state index in [1.165, 1.54) is 34.8 Å². The number of nitrogens with zero attached hydrogens (tertiary/aromatic N) is 1. The van der Waals surface area contributed by atoms with Crippen LogP contribution in [0.1, 0.15) is 36.3 Å². The zero-order valence-electron chi connectivity index (χ0n) is 14.1. The van der Waals surface area contributed by atoms with E-state index in [0.717, 1.165) is 43.5 Å². The number of amides is 1. The van der Waals surface area contributed by atoms with Gasteiger partial charge in [-0.25, -0.2) is 22.5 Å². The third-order valence-electron chi connectivity index (χ3n) is 4.11. The number of hydrogen-bond donors (Lipinski definition) is 2. The topological polar surface area (TPSA) is 88.2 Å². The predicted octanol–water partition coefficient (Wildman–Crippen LogP) is 2.86. The summed E-state index contributed by atoms with van der Waals surface area (Å²) in [5.41, 5.74) is 1.07. The Labute approximate surface area is 155 Å². The van der Waals surface area contributed by atoms with Crippen molar-refractivity contribution in [3.63, 3.8) is 0 Å². The number of carbonyl (C=O) groups excluding carboxylic acids is 1. The molecule has 0 aliphatic heterocycles. The zero-order chi connectivity index (χ0) is 18.6. The highest BCUT2D eigenvalue weighted by Crippen LogP contribution is 2.28. The lowest BCUT2D eigenvalue weighted by Gasteiger charge is -2.06. The van der Waals surface area contributed by atoms with Crippen molar-refractivity contribution in [1.29, 1.82) is 0 Å². The van der Waals surface area contributed by atoms with Crippen LogP contribution in [-0.4, -0.2) is 25.9 Å². The number of sulfonamides is 1. The second-order valence-corrected chi connectivity index (χ2v) is 8.95. The molecule has 1 aromatic carbocycles. The molecule has 6 nitrogen and oxygen atoms in total. The number of thiazole rings is 1. The monoisotopic (exact) mass is 397 g/mol. The Bertz CT molecular complexity index is 856. The van der Waals surface area contributed by atoms with Gasteiger partial charge in [0.05, 0.1) is 10.6 Å². The molecule has 9 heteroatoms. The zero-order valence-corrected chi connectivity index (χ0v) is 15.8. The standard InChI is InChI=1S/C17H20FN3O3S2/c18-12-6-8-13(9-7-12)26(23,24)19-11-10-16(22)21-17-20-14-4-2-1-3-5-15(14)25-17/h6-9,19H,1-5,10-11H2,(H,20,21,22). The summed E-state index contributed by atoms with van der Waals surface area (Å²) in [6.45, 7) is -0.0450. The SMILES string of the molecule is O=C(CCNS(=O)(=O)c1ccc(F)cc1)Nc1nc2c(s1)CCCCC2. The molecule has 0 fully saturated rings. The number of carbonyl (C=O) groups is 1. The number of aryl methyl sites for hydroxylation is 2. The van der Waals surface area contributed by atoms with Gasteiger partial charge >= 0.3 is 0 Å². The molecule has 0 spiro atoms. The van der Waals surface area contributed by atoms with Crippen molar-refractivity contribution >= 4 is 32.4 Å². The van der Waals surface area contributed by atoms with Crippen molar-refractivity contribution in [3.8, 4) is 0 Å². The Morgan fingerprint density at radius 2 is 1.88 bits per heavy atom. The summed E-state index contributed by atoms with van der Waals surface area (Å²) in [5, 5.41) is 3.31. The minimum atomic E-state index is -3.76. The van der Waals surface area contributed by atoms with Gasteiger partial charge in [0.1, 0.15) is 5.82 Å². The second-order valence-electron chi connectivity index (χ2n) is 6.10. The van der Waals surface area contributed by atoms with E-state index in [9.17, 15) is 17.6 Å². The van der Waals surface area contributed by atoms with Crippen LogP contribution in [0.4, 0.5) is 9.52 Å². The van der Waals surface area contributed by atoms with Gasteiger partial charge in [0.2, 0.25) is 15.9 Å². The van der Waals surface area contributed by atoms with E-state index in [0.29, 0.717) is 5.13 Å². The van der Waals surface area contributed by atoms with Crippen molar-refractivity contribution in [3.05, 3.63) is 40.7 Å². The smallest absolute Gasteiger partial charge is 0.240 e. The third-order valence-corrected chi connectivity index (χ3v) is 6.66. The van der Waals surface area contributed by atoms with E-state index in [1.54, 1.807) is 0 Å². The maximum atomic E-state index is 12.9. The lowest BCUT2D eigenvalue weighted by atomic mass is 10.2. The summed E-state index contributed by atoms with van der Waals surface area (Å²) in [6, 6.07) is 4.52. The molecule has 1 amide bonds. The number of halogens is 1. The summed E-state index contributed by atoms with van der Waals surface area (Å²) < 4.78 is 39.4. The highest BCUT2D eigenvalue weighted by Gasteiger charge is 2.17. The minimum absolute atomic E-state index is 0.00925. The molecular weight excluding hydrogens is 377 g/mol. The van der Waals surface area contributed by atoms with Crippen LogP contribution in [0.3, 0.4) is 0 Å². The summed E-state index contributed by atoms with van der Waals surface area (Å²) in [4.78, 5) is 17.7. The van der Waals surface area contributed by atoms with Crippen LogP contribution in [0.15, 0.2) is 29.2 Å². The molecule has 3 rings (SSSR count). The average Bonchev–Trinajstić information content (AvgIpc) is 2.83. The molecule has 26 heavy (non-hydrogen) atoms. The van der Waals surface area contributed by atoms with E-state index in [4.69, 9.17) is 0 Å². The van der Waals surface area contributed by atoms with Crippen molar-refractivity contribution in [1.82, 2.24) is 9.71 Å². The first-order valence-corrected chi connectivity index (χ1v) is 10.8. The lowest BCUT2D eigenvalue weighted by Crippen LogP contribution is -2.27. The molecular formula is C17H20FN3O3S2. The summed E-state index contributed by atoms with van der Waals surface area (Å²) in [5.74, 6) is -0.805. The molecule has 1 heterocycles. The average molecular weight is 397 g/mol. The van der Waals surface area contributed by atoms with Crippen molar-refractivity contribution < 1.29 is 17.6 Å². The maximum absolute atomic E-state index is 12.9. The number of fused-ring (bicyclic) bond motifs is 1. The van der Waals surface area contributed by atoms with Gasteiger partial charge in [0.25, 0.3) is 0 Å². The van der Waals surface area contributed by atoms with E-state index in [2.05, 4.69) is 15.0 Å². The summed E-state index contributed by atoms with van der Waals surface area (Å²) in [6.07, 6.45) is 5.41. The lowest BCUT2D eigenvalue weighted by molar-refractivity contribution is -0.116. The highest BCUT2D eigenvalue weighted by molar-refractivity contribution is 7.89. The number of rotatable bonds is 6. The van der Waals surface area contributed by atoms with Crippen molar-refractivity contribution in [2.75, 3.05) is 11.9 Å².